The Morgan fingerprint density at radius 3 is 2.68 bits per heavy atom. The molecule has 0 aliphatic rings. The number of para-hydroxylation sites is 1. The molecular weight excluding hydrogens is 270 g/mol. The number of nitro benzene ring substituents is 1. The van der Waals surface area contributed by atoms with Gasteiger partial charge in [-0.3, -0.25) is 14.7 Å². The first-order valence-corrected chi connectivity index (χ1v) is 5.28. The molecule has 0 aliphatic carbocycles. The number of aromatic nitrogens is 2. The molecule has 7 nitrogen and oxygen atoms in total. The summed E-state index contributed by atoms with van der Waals surface area (Å²) in [6.07, 6.45) is 1.16. The van der Waals surface area contributed by atoms with Crippen molar-refractivity contribution >= 4 is 17.3 Å². The number of hydrogen-bond donors (Lipinski definition) is 0. The van der Waals surface area contributed by atoms with E-state index in [1.807, 2.05) is 0 Å². The van der Waals surface area contributed by atoms with E-state index in [9.17, 15) is 10.1 Å². The minimum Gasteiger partial charge on any atom is -0.282 e. The third-order valence-electron chi connectivity index (χ3n) is 2.38. The van der Waals surface area contributed by atoms with Crippen LogP contribution in [0.3, 0.4) is 0 Å². The van der Waals surface area contributed by atoms with E-state index in [1.54, 1.807) is 12.1 Å². The fourth-order valence-corrected chi connectivity index (χ4v) is 1.86. The van der Waals surface area contributed by atoms with Gasteiger partial charge in [0.2, 0.25) is 0 Å². The molecule has 0 radical (unpaired) electrons. The summed E-state index contributed by atoms with van der Waals surface area (Å²) < 4.78 is 1.14. The topological polar surface area (TPSA) is 109 Å². The van der Waals surface area contributed by atoms with Crippen LogP contribution in [0.1, 0.15) is 11.4 Å². The van der Waals surface area contributed by atoms with Gasteiger partial charge in [-0.25, -0.2) is 4.98 Å². The number of benzene rings is 1. The molecule has 0 unspecified atom stereocenters. The largest absolute Gasteiger partial charge is 0.294 e. The maximum atomic E-state index is 11.0. The van der Waals surface area contributed by atoms with Crippen LogP contribution in [0.5, 0.6) is 0 Å². The summed E-state index contributed by atoms with van der Waals surface area (Å²) >= 11 is 5.94. The third kappa shape index (κ3) is 1.99. The average molecular weight is 274 g/mol. The average Bonchev–Trinajstić information content (AvgIpc) is 2.80. The zero-order chi connectivity index (χ0) is 14.0. The van der Waals surface area contributed by atoms with Crippen LogP contribution in [-0.2, 0) is 0 Å². The molecule has 0 atom stereocenters. The number of hydrogen-bond acceptors (Lipinski definition) is 5. The van der Waals surface area contributed by atoms with Crippen LogP contribution in [0, 0.1) is 32.8 Å². The number of nitro groups is 1. The van der Waals surface area contributed by atoms with Gasteiger partial charge >= 0.3 is 0 Å². The maximum absolute atomic E-state index is 11.0. The molecule has 0 saturated carbocycles. The fourth-order valence-electron chi connectivity index (χ4n) is 1.60. The van der Waals surface area contributed by atoms with Gasteiger partial charge in [0.05, 0.1) is 9.95 Å². The first kappa shape index (κ1) is 12.6. The smallest absolute Gasteiger partial charge is 0.282 e. The standard InChI is InChI=1S/C11H4ClN5O2/c12-7-2-1-3-9(17(18)19)11(7)16-6-15-8(4-13)10(16)5-14/h1-3,6H. The molecule has 2 aromatic rings. The van der Waals surface area contributed by atoms with E-state index in [0.717, 1.165) is 10.9 Å². The predicted octanol–water partition coefficient (Wildman–Crippen LogP) is 2.18. The Kier molecular flexibility index (Phi) is 3.15. The van der Waals surface area contributed by atoms with Gasteiger partial charge in [-0.15, -0.1) is 0 Å². The SMILES string of the molecule is N#Cc1ncn(-c2c(Cl)cccc2[N+](=O)[O-])c1C#N. The summed E-state index contributed by atoms with van der Waals surface area (Å²) in [5.74, 6) is 0. The molecule has 0 saturated heterocycles. The lowest BCUT2D eigenvalue weighted by atomic mass is 10.2. The summed E-state index contributed by atoms with van der Waals surface area (Å²) in [7, 11) is 0. The highest BCUT2D eigenvalue weighted by Gasteiger charge is 2.22. The minimum absolute atomic E-state index is 0.0136. The van der Waals surface area contributed by atoms with E-state index < -0.39 is 4.92 Å². The fraction of sp³-hybridized carbons (Fsp3) is 0. The van der Waals surface area contributed by atoms with E-state index in [2.05, 4.69) is 4.98 Å². The lowest BCUT2D eigenvalue weighted by molar-refractivity contribution is -0.384. The molecule has 0 fully saturated rings. The van der Waals surface area contributed by atoms with Gasteiger partial charge in [0.25, 0.3) is 5.69 Å². The quantitative estimate of drug-likeness (QED) is 0.615. The molecule has 1 heterocycles. The van der Waals surface area contributed by atoms with E-state index in [0.29, 0.717) is 0 Å². The molecule has 1 aromatic heterocycles. The Hall–Kier alpha value is -2.90. The van der Waals surface area contributed by atoms with Crippen molar-refractivity contribution in [1.82, 2.24) is 9.55 Å². The summed E-state index contributed by atoms with van der Waals surface area (Å²) in [5.41, 5.74) is -0.471. The second-order valence-electron chi connectivity index (χ2n) is 3.40. The van der Waals surface area contributed by atoms with Crippen LogP contribution in [0.2, 0.25) is 5.02 Å². The lowest BCUT2D eigenvalue weighted by Crippen LogP contribution is -2.02. The molecule has 2 rings (SSSR count). The highest BCUT2D eigenvalue weighted by atomic mass is 35.5. The van der Waals surface area contributed by atoms with Crippen molar-refractivity contribution in [2.45, 2.75) is 0 Å². The maximum Gasteiger partial charge on any atom is 0.294 e. The Morgan fingerprint density at radius 1 is 1.37 bits per heavy atom. The Morgan fingerprint density at radius 2 is 2.11 bits per heavy atom. The lowest BCUT2D eigenvalue weighted by Gasteiger charge is -2.06. The first-order chi connectivity index (χ1) is 9.10. The van der Waals surface area contributed by atoms with Crippen molar-refractivity contribution in [2.24, 2.45) is 0 Å². The minimum atomic E-state index is -0.617. The summed E-state index contributed by atoms with van der Waals surface area (Å²) in [5, 5.41) is 28.9. The van der Waals surface area contributed by atoms with Crippen molar-refractivity contribution < 1.29 is 4.92 Å². The first-order valence-electron chi connectivity index (χ1n) is 4.91. The summed E-state index contributed by atoms with van der Waals surface area (Å²) in [4.78, 5) is 14.1. The molecular formula is C11H4ClN5O2. The van der Waals surface area contributed by atoms with Crippen LogP contribution in [0.15, 0.2) is 24.5 Å². The highest BCUT2D eigenvalue weighted by Crippen LogP contribution is 2.31. The van der Waals surface area contributed by atoms with E-state index in [4.69, 9.17) is 22.1 Å². The normalized spacial score (nSPS) is 9.63. The van der Waals surface area contributed by atoms with Crippen LogP contribution in [0.4, 0.5) is 5.69 Å². The van der Waals surface area contributed by atoms with Gasteiger partial charge in [0, 0.05) is 6.07 Å². The number of imidazole rings is 1. The molecule has 8 heteroatoms. The van der Waals surface area contributed by atoms with Crippen LogP contribution < -0.4 is 0 Å². The summed E-state index contributed by atoms with van der Waals surface area (Å²) in [6, 6.07) is 7.66. The van der Waals surface area contributed by atoms with Crippen molar-refractivity contribution in [3.05, 3.63) is 51.1 Å². The van der Waals surface area contributed by atoms with Crippen molar-refractivity contribution in [1.29, 1.82) is 10.5 Å². The van der Waals surface area contributed by atoms with Crippen molar-refractivity contribution in [2.75, 3.05) is 0 Å². The monoisotopic (exact) mass is 273 g/mol. The molecule has 1 aromatic carbocycles. The second kappa shape index (κ2) is 4.77. The molecule has 0 N–H and O–H groups in total. The van der Waals surface area contributed by atoms with Crippen molar-refractivity contribution in [3.8, 4) is 17.8 Å². The zero-order valence-corrected chi connectivity index (χ0v) is 10.00. The number of rotatable bonds is 2. The van der Waals surface area contributed by atoms with Gasteiger partial charge in [-0.2, -0.15) is 10.5 Å². The molecule has 0 bridgehead atoms. The Balaban J connectivity index is 2.81. The number of nitriles is 2. The molecule has 19 heavy (non-hydrogen) atoms. The second-order valence-corrected chi connectivity index (χ2v) is 3.81. The van der Waals surface area contributed by atoms with Crippen LogP contribution >= 0.6 is 11.6 Å². The van der Waals surface area contributed by atoms with Gasteiger partial charge < -0.3 is 0 Å². The van der Waals surface area contributed by atoms with Crippen molar-refractivity contribution in [3.63, 3.8) is 0 Å². The van der Waals surface area contributed by atoms with E-state index in [1.165, 1.54) is 18.2 Å². The van der Waals surface area contributed by atoms with Crippen LogP contribution in [0.25, 0.3) is 5.69 Å². The third-order valence-corrected chi connectivity index (χ3v) is 2.69. The zero-order valence-electron chi connectivity index (χ0n) is 9.24. The molecule has 92 valence electrons. The van der Waals surface area contributed by atoms with Gasteiger partial charge in [0.15, 0.2) is 11.4 Å². The number of halogens is 1. The van der Waals surface area contributed by atoms with Gasteiger partial charge in [-0.1, -0.05) is 17.7 Å². The van der Waals surface area contributed by atoms with Gasteiger partial charge in [-0.05, 0) is 6.07 Å². The van der Waals surface area contributed by atoms with E-state index >= 15 is 0 Å². The Bertz CT molecular complexity index is 753. The Labute approximate surface area is 112 Å². The highest BCUT2D eigenvalue weighted by molar-refractivity contribution is 6.32. The van der Waals surface area contributed by atoms with Crippen LogP contribution in [-0.4, -0.2) is 14.5 Å². The van der Waals surface area contributed by atoms with E-state index in [-0.39, 0.29) is 27.8 Å². The summed E-state index contributed by atoms with van der Waals surface area (Å²) in [6.45, 7) is 0. The van der Waals surface area contributed by atoms with Gasteiger partial charge in [0.1, 0.15) is 24.2 Å². The predicted molar refractivity (Wildman–Crippen MR) is 64.7 cm³/mol. The molecule has 0 aliphatic heterocycles. The molecule has 0 amide bonds. The molecule has 0 spiro atoms. The number of nitrogens with zero attached hydrogens (tertiary/aromatic N) is 5.